The van der Waals surface area contributed by atoms with Gasteiger partial charge in [0.2, 0.25) is 0 Å². The molecule has 0 aliphatic rings. The predicted molar refractivity (Wildman–Crippen MR) is 90.0 cm³/mol. The van der Waals surface area contributed by atoms with Crippen LogP contribution >= 0.6 is 43.2 Å². The number of ether oxygens (including phenoxy) is 2. The Morgan fingerprint density at radius 2 is 2.00 bits per heavy atom. The summed E-state index contributed by atoms with van der Waals surface area (Å²) in [6, 6.07) is 8.63. The second-order valence-electron chi connectivity index (χ2n) is 4.21. The molecule has 1 amide bonds. The number of halogens is 2. The first-order valence-corrected chi connectivity index (χ1v) is 8.48. The number of rotatable bonds is 6. The lowest BCUT2D eigenvalue weighted by Crippen LogP contribution is -2.20. The minimum absolute atomic E-state index is 0.111. The third kappa shape index (κ3) is 4.82. The van der Waals surface area contributed by atoms with E-state index >= 15 is 0 Å². The number of hydrogen-bond donors (Lipinski definition) is 1. The van der Waals surface area contributed by atoms with Gasteiger partial charge < -0.3 is 15.2 Å². The van der Waals surface area contributed by atoms with Crippen LogP contribution < -0.4 is 10.5 Å². The smallest absolute Gasteiger partial charge is 0.348 e. The Morgan fingerprint density at radius 1 is 1.23 bits per heavy atom. The number of thiophene rings is 1. The van der Waals surface area contributed by atoms with Crippen molar-refractivity contribution >= 4 is 55.1 Å². The van der Waals surface area contributed by atoms with E-state index in [1.165, 1.54) is 11.3 Å². The summed E-state index contributed by atoms with van der Waals surface area (Å²) in [5, 5.41) is 0. The monoisotopic (exact) mass is 447 g/mol. The molecule has 0 aliphatic heterocycles. The fourth-order valence-electron chi connectivity index (χ4n) is 1.55. The van der Waals surface area contributed by atoms with Crippen molar-refractivity contribution in [2.24, 2.45) is 5.73 Å². The lowest BCUT2D eigenvalue weighted by Gasteiger charge is -2.07. The molecule has 0 radical (unpaired) electrons. The van der Waals surface area contributed by atoms with E-state index < -0.39 is 11.9 Å². The Balaban J connectivity index is 1.94. The lowest BCUT2D eigenvalue weighted by atomic mass is 10.2. The van der Waals surface area contributed by atoms with E-state index in [4.69, 9.17) is 15.2 Å². The van der Waals surface area contributed by atoms with Crippen LogP contribution in [-0.2, 0) is 16.1 Å². The molecule has 0 unspecified atom stereocenters. The third-order valence-corrected chi connectivity index (χ3v) is 5.73. The molecule has 22 heavy (non-hydrogen) atoms. The molecule has 8 heteroatoms. The molecular weight excluding hydrogens is 438 g/mol. The number of benzene rings is 1. The quantitative estimate of drug-likeness (QED) is 0.686. The van der Waals surface area contributed by atoms with Gasteiger partial charge in [0.1, 0.15) is 17.2 Å². The molecule has 0 saturated heterocycles. The highest BCUT2D eigenvalue weighted by atomic mass is 79.9. The van der Waals surface area contributed by atoms with Gasteiger partial charge in [0.25, 0.3) is 5.91 Å². The summed E-state index contributed by atoms with van der Waals surface area (Å²) < 4.78 is 12.1. The number of carbonyl (C=O) groups excluding carboxylic acids is 2. The van der Waals surface area contributed by atoms with E-state index in [0.29, 0.717) is 10.6 Å². The zero-order valence-electron chi connectivity index (χ0n) is 11.2. The molecule has 2 aromatic rings. The molecule has 0 aliphatic carbocycles. The summed E-state index contributed by atoms with van der Waals surface area (Å²) in [5.74, 6) is -0.459. The molecule has 0 fully saturated rings. The molecule has 1 aromatic carbocycles. The maximum atomic E-state index is 11.9. The van der Waals surface area contributed by atoms with Crippen molar-refractivity contribution in [3.63, 3.8) is 0 Å². The fourth-order valence-corrected chi connectivity index (χ4v) is 3.48. The Kier molecular flexibility index (Phi) is 5.98. The van der Waals surface area contributed by atoms with E-state index in [0.717, 1.165) is 13.8 Å². The normalized spacial score (nSPS) is 10.3. The molecular formula is C14H11Br2NO4S. The second kappa shape index (κ2) is 7.75. The molecule has 0 saturated carbocycles. The summed E-state index contributed by atoms with van der Waals surface area (Å²) in [4.78, 5) is 23.1. The van der Waals surface area contributed by atoms with Crippen molar-refractivity contribution < 1.29 is 19.1 Å². The summed E-state index contributed by atoms with van der Waals surface area (Å²) in [6.45, 7) is -0.0831. The van der Waals surface area contributed by atoms with Crippen molar-refractivity contribution in [2.75, 3.05) is 6.61 Å². The first-order valence-electron chi connectivity index (χ1n) is 6.07. The van der Waals surface area contributed by atoms with Gasteiger partial charge in [-0.05, 0) is 55.6 Å². The largest absolute Gasteiger partial charge is 0.484 e. The van der Waals surface area contributed by atoms with Gasteiger partial charge in [-0.1, -0.05) is 12.1 Å². The van der Waals surface area contributed by atoms with Crippen LogP contribution in [0.5, 0.6) is 5.75 Å². The number of hydrogen-bond acceptors (Lipinski definition) is 5. The summed E-state index contributed by atoms with van der Waals surface area (Å²) >= 11 is 7.94. The van der Waals surface area contributed by atoms with Crippen molar-refractivity contribution in [2.45, 2.75) is 6.61 Å². The Morgan fingerprint density at radius 3 is 2.64 bits per heavy atom. The van der Waals surface area contributed by atoms with Crippen LogP contribution in [0, 0.1) is 0 Å². The van der Waals surface area contributed by atoms with Crippen molar-refractivity contribution in [1.82, 2.24) is 0 Å². The van der Waals surface area contributed by atoms with Crippen LogP contribution in [0.15, 0.2) is 38.6 Å². The van der Waals surface area contributed by atoms with E-state index in [1.807, 2.05) is 0 Å². The first kappa shape index (κ1) is 17.0. The number of carbonyl (C=O) groups is 2. The minimum Gasteiger partial charge on any atom is -0.484 e. The van der Waals surface area contributed by atoms with Gasteiger partial charge in [-0.25, -0.2) is 4.79 Å². The van der Waals surface area contributed by atoms with E-state index in [9.17, 15) is 9.59 Å². The highest BCUT2D eigenvalue weighted by molar-refractivity contribution is 9.13. The van der Waals surface area contributed by atoms with Gasteiger partial charge in [0.15, 0.2) is 6.61 Å². The van der Waals surface area contributed by atoms with E-state index in [2.05, 4.69) is 31.9 Å². The average molecular weight is 449 g/mol. The predicted octanol–water partition coefficient (Wildman–Crippen LogP) is 3.49. The van der Waals surface area contributed by atoms with Crippen LogP contribution in [0.4, 0.5) is 0 Å². The highest BCUT2D eigenvalue weighted by Crippen LogP contribution is 2.32. The van der Waals surface area contributed by atoms with E-state index in [1.54, 1.807) is 30.3 Å². The molecule has 2 N–H and O–H groups in total. The van der Waals surface area contributed by atoms with Gasteiger partial charge in [0, 0.05) is 4.47 Å². The van der Waals surface area contributed by atoms with Gasteiger partial charge in [-0.3, -0.25) is 4.79 Å². The van der Waals surface area contributed by atoms with Crippen LogP contribution in [0.2, 0.25) is 0 Å². The zero-order chi connectivity index (χ0) is 16.1. The van der Waals surface area contributed by atoms with Crippen molar-refractivity contribution in [3.05, 3.63) is 49.0 Å². The molecule has 0 atom stereocenters. The number of esters is 1. The van der Waals surface area contributed by atoms with Crippen LogP contribution in [0.1, 0.15) is 15.2 Å². The second-order valence-corrected chi connectivity index (χ2v) is 7.44. The number of amides is 1. The molecule has 1 heterocycles. The Hall–Kier alpha value is -1.38. The van der Waals surface area contributed by atoms with Crippen LogP contribution in [-0.4, -0.2) is 18.5 Å². The zero-order valence-corrected chi connectivity index (χ0v) is 15.2. The van der Waals surface area contributed by atoms with E-state index in [-0.39, 0.29) is 13.2 Å². The highest BCUT2D eigenvalue weighted by Gasteiger charge is 2.13. The third-order valence-electron chi connectivity index (χ3n) is 2.50. The van der Waals surface area contributed by atoms with Crippen LogP contribution in [0.3, 0.4) is 0 Å². The van der Waals surface area contributed by atoms with Crippen molar-refractivity contribution in [1.29, 1.82) is 0 Å². The van der Waals surface area contributed by atoms with Gasteiger partial charge in [-0.15, -0.1) is 11.3 Å². The SMILES string of the molecule is NC(=O)COc1cccc(COC(=O)c2cc(Br)c(Br)s2)c1. The summed E-state index contributed by atoms with van der Waals surface area (Å²) in [6.07, 6.45) is 0. The maximum absolute atomic E-state index is 11.9. The molecule has 5 nitrogen and oxygen atoms in total. The topological polar surface area (TPSA) is 78.6 Å². The maximum Gasteiger partial charge on any atom is 0.348 e. The van der Waals surface area contributed by atoms with Crippen molar-refractivity contribution in [3.8, 4) is 5.75 Å². The Bertz CT molecular complexity index is 682. The van der Waals surface area contributed by atoms with Gasteiger partial charge >= 0.3 is 5.97 Å². The fraction of sp³-hybridized carbons (Fsp3) is 0.143. The number of primary amides is 1. The minimum atomic E-state index is -0.550. The average Bonchev–Trinajstić information content (AvgIpc) is 2.83. The standard InChI is InChI=1S/C14H11Br2NO4S/c15-10-5-11(22-13(10)16)14(19)21-6-8-2-1-3-9(4-8)20-7-12(17)18/h1-5H,6-7H2,(H2,17,18). The first-order chi connectivity index (χ1) is 10.5. The summed E-state index contributed by atoms with van der Waals surface area (Å²) in [5.41, 5.74) is 5.77. The Labute approximate surface area is 147 Å². The van der Waals surface area contributed by atoms with Gasteiger partial charge in [0.05, 0.1) is 3.79 Å². The molecule has 0 bridgehead atoms. The summed E-state index contributed by atoms with van der Waals surface area (Å²) in [7, 11) is 0. The number of nitrogens with two attached hydrogens (primary N) is 1. The van der Waals surface area contributed by atoms with Gasteiger partial charge in [-0.2, -0.15) is 0 Å². The van der Waals surface area contributed by atoms with Crippen LogP contribution in [0.25, 0.3) is 0 Å². The molecule has 0 spiro atoms. The molecule has 1 aromatic heterocycles. The molecule has 2 rings (SSSR count). The lowest BCUT2D eigenvalue weighted by molar-refractivity contribution is -0.119. The molecule has 116 valence electrons.